The van der Waals surface area contributed by atoms with Crippen LogP contribution in [-0.4, -0.2) is 34.0 Å². The molecule has 0 aromatic rings. The van der Waals surface area contributed by atoms with Gasteiger partial charge in [0.15, 0.2) is 0 Å². The molecule has 2 heterocycles. The molecule has 2 aliphatic heterocycles. The van der Waals surface area contributed by atoms with E-state index in [1.165, 1.54) is 4.90 Å². The highest BCUT2D eigenvalue weighted by molar-refractivity contribution is 6.32. The van der Waals surface area contributed by atoms with Crippen molar-refractivity contribution in [2.75, 3.05) is 0 Å². The standard InChI is InChI=1S/C8H9ClN2O3/c9-3-1-2-4-5(10)7(12)11(4)6(3)8(13)14/h4-5H,1-2,10H2,(H,13,14)/t4?,5-/m1/s1. The minimum absolute atomic E-state index is 0.102. The molecule has 0 aliphatic carbocycles. The monoisotopic (exact) mass is 216 g/mol. The first-order chi connectivity index (χ1) is 6.54. The van der Waals surface area contributed by atoms with Crippen molar-refractivity contribution in [3.63, 3.8) is 0 Å². The van der Waals surface area contributed by atoms with E-state index in [9.17, 15) is 9.59 Å². The van der Waals surface area contributed by atoms with Gasteiger partial charge in [0.1, 0.15) is 11.7 Å². The van der Waals surface area contributed by atoms with Gasteiger partial charge in [-0.25, -0.2) is 4.79 Å². The van der Waals surface area contributed by atoms with Gasteiger partial charge in [0.25, 0.3) is 0 Å². The van der Waals surface area contributed by atoms with Crippen molar-refractivity contribution >= 4 is 23.5 Å². The van der Waals surface area contributed by atoms with Gasteiger partial charge in [-0.15, -0.1) is 0 Å². The smallest absolute Gasteiger partial charge is 0.353 e. The summed E-state index contributed by atoms with van der Waals surface area (Å²) in [5.41, 5.74) is 5.43. The van der Waals surface area contributed by atoms with Crippen LogP contribution in [0.2, 0.25) is 0 Å². The van der Waals surface area contributed by atoms with E-state index in [0.29, 0.717) is 12.8 Å². The molecule has 1 saturated heterocycles. The normalized spacial score (nSPS) is 31.3. The van der Waals surface area contributed by atoms with Gasteiger partial charge in [-0.2, -0.15) is 0 Å². The predicted molar refractivity (Wildman–Crippen MR) is 48.4 cm³/mol. The molecule has 2 atom stereocenters. The topological polar surface area (TPSA) is 83.6 Å². The number of amides is 1. The van der Waals surface area contributed by atoms with Crippen LogP contribution in [0.25, 0.3) is 0 Å². The van der Waals surface area contributed by atoms with Gasteiger partial charge >= 0.3 is 5.97 Å². The zero-order valence-corrected chi connectivity index (χ0v) is 7.99. The molecule has 1 unspecified atom stereocenters. The van der Waals surface area contributed by atoms with Crippen LogP contribution < -0.4 is 5.73 Å². The third-order valence-corrected chi connectivity index (χ3v) is 3.00. The Morgan fingerprint density at radius 1 is 1.64 bits per heavy atom. The molecule has 2 aliphatic rings. The van der Waals surface area contributed by atoms with Crippen LogP contribution in [0.3, 0.4) is 0 Å². The highest BCUT2D eigenvalue weighted by atomic mass is 35.5. The number of carboxylic acids is 1. The molecule has 0 aromatic heterocycles. The molecule has 1 fully saturated rings. The van der Waals surface area contributed by atoms with E-state index >= 15 is 0 Å². The maximum atomic E-state index is 11.3. The SMILES string of the molecule is N[C@H]1C(=O)N2C(C(=O)O)=C(Cl)CCC12. The van der Waals surface area contributed by atoms with Gasteiger partial charge in [-0.3, -0.25) is 9.69 Å². The van der Waals surface area contributed by atoms with Gasteiger partial charge in [-0.1, -0.05) is 11.6 Å². The lowest BCUT2D eigenvalue weighted by atomic mass is 9.87. The molecule has 6 heteroatoms. The van der Waals surface area contributed by atoms with E-state index in [0.717, 1.165) is 0 Å². The summed E-state index contributed by atoms with van der Waals surface area (Å²) < 4.78 is 0. The summed E-state index contributed by atoms with van der Waals surface area (Å²) in [6.07, 6.45) is 1.12. The van der Waals surface area contributed by atoms with Crippen LogP contribution in [0.5, 0.6) is 0 Å². The van der Waals surface area contributed by atoms with Crippen LogP contribution in [0.1, 0.15) is 12.8 Å². The molecule has 2 rings (SSSR count). The summed E-state index contributed by atoms with van der Waals surface area (Å²) in [6.45, 7) is 0. The number of aliphatic carboxylic acids is 1. The summed E-state index contributed by atoms with van der Waals surface area (Å²) in [7, 11) is 0. The van der Waals surface area contributed by atoms with Gasteiger partial charge in [-0.05, 0) is 12.8 Å². The summed E-state index contributed by atoms with van der Waals surface area (Å²) in [6, 6.07) is -0.745. The van der Waals surface area contributed by atoms with Crippen molar-refractivity contribution < 1.29 is 14.7 Å². The molecule has 0 spiro atoms. The molecular formula is C8H9ClN2O3. The molecule has 0 bridgehead atoms. The number of carbonyl (C=O) groups excluding carboxylic acids is 1. The Bertz CT molecular complexity index is 352. The predicted octanol–water partition coefficient (Wildman–Crippen LogP) is -0.147. The van der Waals surface area contributed by atoms with Gasteiger partial charge in [0.05, 0.1) is 6.04 Å². The van der Waals surface area contributed by atoms with Gasteiger partial charge < -0.3 is 10.8 Å². The van der Waals surface area contributed by atoms with E-state index in [-0.39, 0.29) is 22.7 Å². The maximum Gasteiger partial charge on any atom is 0.353 e. The Morgan fingerprint density at radius 2 is 2.29 bits per heavy atom. The number of hydrogen-bond donors (Lipinski definition) is 2. The Hall–Kier alpha value is -1.07. The maximum absolute atomic E-state index is 11.3. The summed E-state index contributed by atoms with van der Waals surface area (Å²) in [5, 5.41) is 9.09. The number of halogens is 1. The van der Waals surface area contributed by atoms with Crippen molar-refractivity contribution in [1.82, 2.24) is 4.90 Å². The first-order valence-electron chi connectivity index (χ1n) is 4.24. The average Bonchev–Trinajstić information content (AvgIpc) is 2.15. The van der Waals surface area contributed by atoms with Crippen molar-refractivity contribution in [3.8, 4) is 0 Å². The van der Waals surface area contributed by atoms with Gasteiger partial charge in [0, 0.05) is 5.03 Å². The second-order valence-electron chi connectivity index (χ2n) is 3.40. The highest BCUT2D eigenvalue weighted by Gasteiger charge is 2.50. The van der Waals surface area contributed by atoms with Gasteiger partial charge in [0.2, 0.25) is 5.91 Å². The molecule has 0 aromatic carbocycles. The summed E-state index contributed by atoms with van der Waals surface area (Å²) >= 11 is 5.75. The second-order valence-corrected chi connectivity index (χ2v) is 3.85. The second kappa shape index (κ2) is 2.96. The van der Waals surface area contributed by atoms with Crippen LogP contribution in [-0.2, 0) is 9.59 Å². The average molecular weight is 217 g/mol. The van der Waals surface area contributed by atoms with Crippen LogP contribution in [0, 0.1) is 0 Å². The fraction of sp³-hybridized carbons (Fsp3) is 0.500. The fourth-order valence-corrected chi connectivity index (χ4v) is 2.18. The molecule has 0 radical (unpaired) electrons. The molecule has 0 saturated carbocycles. The summed E-state index contributed by atoms with van der Waals surface area (Å²) in [5.74, 6) is -1.52. The number of nitrogens with two attached hydrogens (primary N) is 1. The lowest BCUT2D eigenvalue weighted by Crippen LogP contribution is -2.69. The minimum Gasteiger partial charge on any atom is -0.477 e. The summed E-state index contributed by atoms with van der Waals surface area (Å²) in [4.78, 5) is 23.3. The first-order valence-corrected chi connectivity index (χ1v) is 4.62. The Morgan fingerprint density at radius 3 is 2.86 bits per heavy atom. The van der Waals surface area contributed by atoms with Crippen LogP contribution in [0.15, 0.2) is 10.7 Å². The number of nitrogens with zero attached hydrogens (tertiary/aromatic N) is 1. The van der Waals surface area contributed by atoms with E-state index in [1.54, 1.807) is 0 Å². The molecule has 3 N–H and O–H groups in total. The molecular weight excluding hydrogens is 208 g/mol. The Kier molecular flexibility index (Phi) is 2.01. The number of carboxylic acid groups (broad SMARTS) is 1. The van der Waals surface area contributed by atoms with Crippen molar-refractivity contribution in [1.29, 1.82) is 0 Å². The third-order valence-electron chi connectivity index (χ3n) is 2.63. The molecule has 76 valence electrons. The third kappa shape index (κ3) is 1.06. The van der Waals surface area contributed by atoms with E-state index in [4.69, 9.17) is 22.4 Å². The largest absolute Gasteiger partial charge is 0.477 e. The zero-order valence-electron chi connectivity index (χ0n) is 7.24. The number of hydrogen-bond acceptors (Lipinski definition) is 3. The van der Waals surface area contributed by atoms with Crippen molar-refractivity contribution in [2.24, 2.45) is 5.73 Å². The highest BCUT2D eigenvalue weighted by Crippen LogP contribution is 2.36. The van der Waals surface area contributed by atoms with Crippen molar-refractivity contribution in [3.05, 3.63) is 10.7 Å². The van der Waals surface area contributed by atoms with E-state index in [2.05, 4.69) is 0 Å². The van der Waals surface area contributed by atoms with E-state index < -0.39 is 12.0 Å². The molecule has 5 nitrogen and oxygen atoms in total. The lowest BCUT2D eigenvalue weighted by Gasteiger charge is -2.47. The Balaban J connectivity index is 2.37. The van der Waals surface area contributed by atoms with E-state index in [1.807, 2.05) is 0 Å². The number of fused-ring (bicyclic) bond motifs is 1. The van der Waals surface area contributed by atoms with Crippen LogP contribution >= 0.6 is 11.6 Å². The fourth-order valence-electron chi connectivity index (χ4n) is 1.89. The number of allylic oxidation sites excluding steroid dienone is 1. The van der Waals surface area contributed by atoms with Crippen molar-refractivity contribution in [2.45, 2.75) is 24.9 Å². The number of carbonyl (C=O) groups is 2. The molecule has 1 amide bonds. The zero-order chi connectivity index (χ0) is 10.5. The quantitative estimate of drug-likeness (QED) is 0.598. The lowest BCUT2D eigenvalue weighted by molar-refractivity contribution is -0.152. The first kappa shape index (κ1) is 9.48. The number of β-lactam (4-membered cyclic amide) rings is 1. The Labute approximate surface area is 85.1 Å². The number of rotatable bonds is 1. The molecule has 14 heavy (non-hydrogen) atoms. The van der Waals surface area contributed by atoms with Crippen LogP contribution in [0.4, 0.5) is 0 Å². The minimum atomic E-state index is -1.17.